The summed E-state index contributed by atoms with van der Waals surface area (Å²) in [4.78, 5) is 33.3. The van der Waals surface area contributed by atoms with Gasteiger partial charge in [0.1, 0.15) is 0 Å². The second-order valence-corrected chi connectivity index (χ2v) is 7.87. The van der Waals surface area contributed by atoms with E-state index in [1.807, 2.05) is 36.2 Å². The summed E-state index contributed by atoms with van der Waals surface area (Å²) in [5, 5.41) is 0. The van der Waals surface area contributed by atoms with E-state index in [0.717, 1.165) is 36.1 Å². The molecule has 28 heavy (non-hydrogen) atoms. The summed E-state index contributed by atoms with van der Waals surface area (Å²) in [5.74, 6) is 0.229. The van der Waals surface area contributed by atoms with Crippen molar-refractivity contribution in [3.8, 4) is 11.1 Å². The standard InChI is InChI=1S/C23H29N3O2/c1-4-21(27)26-13-7-11-23(17-26,22(28)25(2)3)15-18-8-5-9-19(14-18)20-10-6-12-24-16-20/h5-6,8-10,12,14,16H,4,7,11,13,15,17H2,1-3H3. The van der Waals surface area contributed by atoms with Crippen molar-refractivity contribution in [2.75, 3.05) is 27.2 Å². The molecule has 2 aromatic rings. The zero-order chi connectivity index (χ0) is 20.1. The zero-order valence-electron chi connectivity index (χ0n) is 17.0. The smallest absolute Gasteiger partial charge is 0.230 e. The third-order valence-electron chi connectivity index (χ3n) is 5.56. The van der Waals surface area contributed by atoms with Gasteiger partial charge >= 0.3 is 0 Å². The third-order valence-corrected chi connectivity index (χ3v) is 5.56. The number of carbonyl (C=O) groups excluding carboxylic acids is 2. The zero-order valence-corrected chi connectivity index (χ0v) is 17.0. The van der Waals surface area contributed by atoms with Crippen molar-refractivity contribution >= 4 is 11.8 Å². The van der Waals surface area contributed by atoms with E-state index in [0.29, 0.717) is 19.4 Å². The van der Waals surface area contributed by atoms with Gasteiger partial charge in [-0.2, -0.15) is 0 Å². The maximum Gasteiger partial charge on any atom is 0.230 e. The van der Waals surface area contributed by atoms with Crippen molar-refractivity contribution in [2.45, 2.75) is 32.6 Å². The fourth-order valence-corrected chi connectivity index (χ4v) is 4.22. The van der Waals surface area contributed by atoms with E-state index in [2.05, 4.69) is 23.2 Å². The molecule has 0 aliphatic carbocycles. The van der Waals surface area contributed by atoms with Crippen LogP contribution < -0.4 is 0 Å². The van der Waals surface area contributed by atoms with Crippen LogP contribution in [0.2, 0.25) is 0 Å². The number of piperidine rings is 1. The number of nitrogens with zero attached hydrogens (tertiary/aromatic N) is 3. The summed E-state index contributed by atoms with van der Waals surface area (Å²) < 4.78 is 0. The summed E-state index contributed by atoms with van der Waals surface area (Å²) in [6.45, 7) is 3.11. The molecule has 148 valence electrons. The van der Waals surface area contributed by atoms with Crippen LogP contribution >= 0.6 is 0 Å². The largest absolute Gasteiger partial charge is 0.348 e. The number of carbonyl (C=O) groups is 2. The maximum atomic E-state index is 13.2. The topological polar surface area (TPSA) is 53.5 Å². The molecule has 1 fully saturated rings. The Labute approximate surface area is 167 Å². The monoisotopic (exact) mass is 379 g/mol. The molecule has 2 amide bonds. The van der Waals surface area contributed by atoms with Crippen LogP contribution in [0, 0.1) is 5.41 Å². The Morgan fingerprint density at radius 2 is 1.96 bits per heavy atom. The number of likely N-dealkylation sites (tertiary alicyclic amines) is 1. The van der Waals surface area contributed by atoms with Gasteiger partial charge in [-0.25, -0.2) is 0 Å². The molecule has 1 aliphatic heterocycles. The van der Waals surface area contributed by atoms with Gasteiger partial charge < -0.3 is 9.80 Å². The molecule has 0 bridgehead atoms. The second-order valence-electron chi connectivity index (χ2n) is 7.87. The Morgan fingerprint density at radius 3 is 2.64 bits per heavy atom. The Hall–Kier alpha value is -2.69. The molecule has 1 saturated heterocycles. The molecule has 0 saturated carbocycles. The van der Waals surface area contributed by atoms with E-state index in [9.17, 15) is 9.59 Å². The van der Waals surface area contributed by atoms with Gasteiger partial charge in [0.05, 0.1) is 5.41 Å². The molecule has 0 spiro atoms. The summed E-state index contributed by atoms with van der Waals surface area (Å²) in [6.07, 6.45) is 6.37. The first-order chi connectivity index (χ1) is 13.4. The van der Waals surface area contributed by atoms with Gasteiger partial charge in [0.15, 0.2) is 0 Å². The fraction of sp³-hybridized carbons (Fsp3) is 0.435. The maximum absolute atomic E-state index is 13.2. The van der Waals surface area contributed by atoms with E-state index in [-0.39, 0.29) is 11.8 Å². The number of benzene rings is 1. The lowest BCUT2D eigenvalue weighted by Gasteiger charge is -2.43. The van der Waals surface area contributed by atoms with Crippen LogP contribution in [0.5, 0.6) is 0 Å². The normalized spacial score (nSPS) is 19.3. The average Bonchev–Trinajstić information content (AvgIpc) is 2.73. The molecule has 3 rings (SSSR count). The molecule has 5 heteroatoms. The Kier molecular flexibility index (Phi) is 6.12. The van der Waals surface area contributed by atoms with Crippen LogP contribution in [-0.4, -0.2) is 53.8 Å². The minimum atomic E-state index is -0.569. The number of rotatable bonds is 5. The summed E-state index contributed by atoms with van der Waals surface area (Å²) >= 11 is 0. The number of aromatic nitrogens is 1. The van der Waals surface area contributed by atoms with Crippen LogP contribution in [0.3, 0.4) is 0 Å². The first-order valence-corrected chi connectivity index (χ1v) is 9.94. The highest BCUT2D eigenvalue weighted by atomic mass is 16.2. The SMILES string of the molecule is CCC(=O)N1CCCC(Cc2cccc(-c3cccnc3)c2)(C(=O)N(C)C)C1. The third kappa shape index (κ3) is 4.24. The molecular weight excluding hydrogens is 350 g/mol. The van der Waals surface area contributed by atoms with Crippen LogP contribution in [0.25, 0.3) is 11.1 Å². The predicted octanol–water partition coefficient (Wildman–Crippen LogP) is 3.40. The molecular formula is C23H29N3O2. The molecule has 1 unspecified atom stereocenters. The van der Waals surface area contributed by atoms with Crippen molar-refractivity contribution in [2.24, 2.45) is 5.41 Å². The van der Waals surface area contributed by atoms with E-state index in [1.165, 1.54) is 0 Å². The predicted molar refractivity (Wildman–Crippen MR) is 111 cm³/mol. The Balaban J connectivity index is 1.92. The van der Waals surface area contributed by atoms with Crippen LogP contribution in [0.15, 0.2) is 48.8 Å². The summed E-state index contributed by atoms with van der Waals surface area (Å²) in [5.41, 5.74) is 2.70. The van der Waals surface area contributed by atoms with Crippen molar-refractivity contribution in [1.82, 2.24) is 14.8 Å². The number of amides is 2. The molecule has 1 atom stereocenters. The average molecular weight is 380 g/mol. The lowest BCUT2D eigenvalue weighted by atomic mass is 9.73. The molecule has 1 aliphatic rings. The van der Waals surface area contributed by atoms with Gasteiger partial charge in [0, 0.05) is 46.0 Å². The minimum Gasteiger partial charge on any atom is -0.348 e. The first-order valence-electron chi connectivity index (χ1n) is 9.94. The van der Waals surface area contributed by atoms with E-state index in [4.69, 9.17) is 0 Å². The molecule has 2 heterocycles. The Bertz CT molecular complexity index is 835. The van der Waals surface area contributed by atoms with Crippen molar-refractivity contribution in [3.63, 3.8) is 0 Å². The fourth-order valence-electron chi connectivity index (χ4n) is 4.22. The van der Waals surface area contributed by atoms with Gasteiger partial charge in [0.2, 0.25) is 11.8 Å². The number of hydrogen-bond donors (Lipinski definition) is 0. The summed E-state index contributed by atoms with van der Waals surface area (Å²) in [6, 6.07) is 12.3. The van der Waals surface area contributed by atoms with Crippen LogP contribution in [-0.2, 0) is 16.0 Å². The highest BCUT2D eigenvalue weighted by molar-refractivity contribution is 5.84. The van der Waals surface area contributed by atoms with E-state index in [1.54, 1.807) is 25.2 Å². The molecule has 0 radical (unpaired) electrons. The quantitative estimate of drug-likeness (QED) is 0.800. The number of hydrogen-bond acceptors (Lipinski definition) is 3. The number of pyridine rings is 1. The van der Waals surface area contributed by atoms with Gasteiger partial charge in [-0.05, 0) is 42.0 Å². The molecule has 1 aromatic heterocycles. The second kappa shape index (κ2) is 8.55. The highest BCUT2D eigenvalue weighted by Gasteiger charge is 2.44. The van der Waals surface area contributed by atoms with Crippen molar-refractivity contribution in [1.29, 1.82) is 0 Å². The minimum absolute atomic E-state index is 0.105. The van der Waals surface area contributed by atoms with Gasteiger partial charge in [-0.15, -0.1) is 0 Å². The molecule has 1 aromatic carbocycles. The van der Waals surface area contributed by atoms with E-state index >= 15 is 0 Å². The highest BCUT2D eigenvalue weighted by Crippen LogP contribution is 2.36. The summed E-state index contributed by atoms with van der Waals surface area (Å²) in [7, 11) is 3.60. The molecule has 0 N–H and O–H groups in total. The lowest BCUT2D eigenvalue weighted by molar-refractivity contribution is -0.147. The van der Waals surface area contributed by atoms with Gasteiger partial charge in [0.25, 0.3) is 0 Å². The van der Waals surface area contributed by atoms with Crippen LogP contribution in [0.1, 0.15) is 31.7 Å². The van der Waals surface area contributed by atoms with Gasteiger partial charge in [-0.1, -0.05) is 37.3 Å². The van der Waals surface area contributed by atoms with Crippen LogP contribution in [0.4, 0.5) is 0 Å². The van der Waals surface area contributed by atoms with Gasteiger partial charge in [-0.3, -0.25) is 14.6 Å². The molecule has 5 nitrogen and oxygen atoms in total. The Morgan fingerprint density at radius 1 is 1.18 bits per heavy atom. The van der Waals surface area contributed by atoms with Crippen molar-refractivity contribution in [3.05, 3.63) is 54.4 Å². The lowest BCUT2D eigenvalue weighted by Crippen LogP contribution is -2.54. The van der Waals surface area contributed by atoms with Crippen molar-refractivity contribution < 1.29 is 9.59 Å². The first kappa shape index (κ1) is 20.1. The van der Waals surface area contributed by atoms with E-state index < -0.39 is 5.41 Å².